The molecule has 0 aromatic rings. The molecular weight excluding hydrogens is 340 g/mol. The molecule has 4 heteroatoms. The van der Waals surface area contributed by atoms with Crippen molar-refractivity contribution in [2.45, 2.75) is 96.1 Å². The SMILES string of the molecule is CCC1CC(OCC2CO2)CCC1CC1CCC(OCC2CO2)CC1CC. The Morgan fingerprint density at radius 2 is 1.11 bits per heavy atom. The van der Waals surface area contributed by atoms with E-state index in [-0.39, 0.29) is 0 Å². The third-order valence-electron chi connectivity index (χ3n) is 7.68. The first-order valence-corrected chi connectivity index (χ1v) is 11.7. The summed E-state index contributed by atoms with van der Waals surface area (Å²) < 4.78 is 22.9. The highest BCUT2D eigenvalue weighted by Gasteiger charge is 2.37. The van der Waals surface area contributed by atoms with Crippen LogP contribution in [0.4, 0.5) is 0 Å². The average Bonchev–Trinajstić information content (AvgIpc) is 3.61. The van der Waals surface area contributed by atoms with Crippen LogP contribution in [0.5, 0.6) is 0 Å². The summed E-state index contributed by atoms with van der Waals surface area (Å²) in [7, 11) is 0. The molecule has 4 rings (SSSR count). The standard InChI is InChI=1S/C23H40O4/c1-3-16-10-20(24-12-22-14-26-22)7-5-18(16)9-19-6-8-21(11-17(19)4-2)25-13-23-15-27-23/h16-23H,3-15H2,1-2H3. The van der Waals surface area contributed by atoms with Crippen LogP contribution in [0.3, 0.4) is 0 Å². The summed E-state index contributed by atoms with van der Waals surface area (Å²) >= 11 is 0. The number of rotatable bonds is 10. The minimum Gasteiger partial charge on any atom is -0.375 e. The van der Waals surface area contributed by atoms with Gasteiger partial charge in [0.2, 0.25) is 0 Å². The maximum absolute atomic E-state index is 6.13. The minimum absolute atomic E-state index is 0.400. The van der Waals surface area contributed by atoms with Gasteiger partial charge in [0.25, 0.3) is 0 Å². The monoisotopic (exact) mass is 380 g/mol. The summed E-state index contributed by atoms with van der Waals surface area (Å²) in [4.78, 5) is 0. The molecule has 4 fully saturated rings. The van der Waals surface area contributed by atoms with Gasteiger partial charge in [-0.2, -0.15) is 0 Å². The lowest BCUT2D eigenvalue weighted by Crippen LogP contribution is -2.35. The van der Waals surface area contributed by atoms with Crippen molar-refractivity contribution in [2.75, 3.05) is 26.4 Å². The molecule has 2 saturated carbocycles. The van der Waals surface area contributed by atoms with Crippen molar-refractivity contribution in [1.29, 1.82) is 0 Å². The zero-order chi connectivity index (χ0) is 18.6. The van der Waals surface area contributed by atoms with E-state index in [1.165, 1.54) is 57.8 Å². The Morgan fingerprint density at radius 3 is 1.48 bits per heavy atom. The van der Waals surface area contributed by atoms with E-state index in [1.807, 2.05) is 0 Å². The second-order valence-corrected chi connectivity index (χ2v) is 9.54. The van der Waals surface area contributed by atoms with E-state index >= 15 is 0 Å². The maximum atomic E-state index is 6.13. The van der Waals surface area contributed by atoms with Crippen LogP contribution in [0, 0.1) is 23.7 Å². The van der Waals surface area contributed by atoms with Crippen molar-refractivity contribution < 1.29 is 18.9 Å². The maximum Gasteiger partial charge on any atom is 0.104 e. The van der Waals surface area contributed by atoms with E-state index < -0.39 is 0 Å². The molecule has 27 heavy (non-hydrogen) atoms. The van der Waals surface area contributed by atoms with Crippen LogP contribution >= 0.6 is 0 Å². The van der Waals surface area contributed by atoms with Crippen molar-refractivity contribution in [2.24, 2.45) is 23.7 Å². The first-order chi connectivity index (χ1) is 13.2. The fourth-order valence-electron chi connectivity index (χ4n) is 5.69. The molecule has 4 nitrogen and oxygen atoms in total. The number of ether oxygens (including phenoxy) is 4. The molecule has 0 amide bonds. The summed E-state index contributed by atoms with van der Waals surface area (Å²) in [6.07, 6.45) is 13.6. The highest BCUT2D eigenvalue weighted by Crippen LogP contribution is 2.44. The Kier molecular flexibility index (Phi) is 7.13. The first-order valence-electron chi connectivity index (χ1n) is 11.7. The lowest BCUT2D eigenvalue weighted by Gasteiger charge is -2.41. The van der Waals surface area contributed by atoms with Gasteiger partial charge in [0.05, 0.1) is 38.6 Å². The Hall–Kier alpha value is -0.160. The van der Waals surface area contributed by atoms with E-state index in [1.54, 1.807) is 0 Å². The van der Waals surface area contributed by atoms with Crippen molar-refractivity contribution in [1.82, 2.24) is 0 Å². The molecule has 4 aliphatic rings. The molecule has 0 N–H and O–H groups in total. The van der Waals surface area contributed by atoms with Crippen molar-refractivity contribution in [3.05, 3.63) is 0 Å². The van der Waals surface area contributed by atoms with E-state index in [9.17, 15) is 0 Å². The zero-order valence-electron chi connectivity index (χ0n) is 17.4. The lowest BCUT2D eigenvalue weighted by molar-refractivity contribution is -0.0308. The summed E-state index contributed by atoms with van der Waals surface area (Å²) in [6, 6.07) is 0. The molecule has 2 heterocycles. The predicted octanol–water partition coefficient (Wildman–Crippen LogP) is 4.60. The average molecular weight is 381 g/mol. The van der Waals surface area contributed by atoms with Crippen molar-refractivity contribution in [3.8, 4) is 0 Å². The molecule has 0 aromatic heterocycles. The van der Waals surface area contributed by atoms with Crippen LogP contribution in [0.25, 0.3) is 0 Å². The second kappa shape index (κ2) is 9.56. The van der Waals surface area contributed by atoms with E-state index in [2.05, 4.69) is 13.8 Å². The van der Waals surface area contributed by atoms with Crippen LogP contribution in [0.15, 0.2) is 0 Å². The quantitative estimate of drug-likeness (QED) is 0.520. The lowest BCUT2D eigenvalue weighted by atomic mass is 9.67. The Morgan fingerprint density at radius 1 is 0.667 bits per heavy atom. The van der Waals surface area contributed by atoms with Gasteiger partial charge >= 0.3 is 0 Å². The summed E-state index contributed by atoms with van der Waals surface area (Å²) in [5.74, 6) is 3.51. The molecule has 2 aliphatic carbocycles. The molecule has 0 spiro atoms. The zero-order valence-corrected chi connectivity index (χ0v) is 17.4. The van der Waals surface area contributed by atoms with E-state index in [4.69, 9.17) is 18.9 Å². The molecular formula is C23H40O4. The Bertz CT molecular complexity index is 408. The van der Waals surface area contributed by atoms with Crippen LogP contribution in [-0.4, -0.2) is 50.8 Å². The minimum atomic E-state index is 0.400. The molecule has 8 atom stereocenters. The van der Waals surface area contributed by atoms with Crippen LogP contribution in [0.2, 0.25) is 0 Å². The summed E-state index contributed by atoms with van der Waals surface area (Å²) in [5, 5.41) is 0. The highest BCUT2D eigenvalue weighted by molar-refractivity contribution is 4.87. The van der Waals surface area contributed by atoms with Gasteiger partial charge in [0, 0.05) is 0 Å². The van der Waals surface area contributed by atoms with Gasteiger partial charge in [0.15, 0.2) is 0 Å². The fraction of sp³-hybridized carbons (Fsp3) is 1.00. The third kappa shape index (κ3) is 5.91. The third-order valence-corrected chi connectivity index (χ3v) is 7.68. The Balaban J connectivity index is 1.23. The van der Waals surface area contributed by atoms with Crippen LogP contribution < -0.4 is 0 Å². The highest BCUT2D eigenvalue weighted by atomic mass is 16.6. The largest absolute Gasteiger partial charge is 0.375 e. The normalized spacial score (nSPS) is 44.2. The van der Waals surface area contributed by atoms with Crippen molar-refractivity contribution >= 4 is 0 Å². The molecule has 0 aromatic carbocycles. The van der Waals surface area contributed by atoms with E-state index in [0.717, 1.165) is 50.1 Å². The van der Waals surface area contributed by atoms with Gasteiger partial charge in [-0.25, -0.2) is 0 Å². The van der Waals surface area contributed by atoms with Crippen molar-refractivity contribution in [3.63, 3.8) is 0 Å². The smallest absolute Gasteiger partial charge is 0.104 e. The summed E-state index contributed by atoms with van der Waals surface area (Å²) in [5.41, 5.74) is 0. The van der Waals surface area contributed by atoms with Gasteiger partial charge in [-0.05, 0) is 68.6 Å². The van der Waals surface area contributed by atoms with Gasteiger partial charge in [0.1, 0.15) is 12.2 Å². The molecule has 0 bridgehead atoms. The van der Waals surface area contributed by atoms with Crippen LogP contribution in [0.1, 0.15) is 71.6 Å². The van der Waals surface area contributed by atoms with E-state index in [0.29, 0.717) is 24.4 Å². The molecule has 2 saturated heterocycles. The fourth-order valence-corrected chi connectivity index (χ4v) is 5.69. The predicted molar refractivity (Wildman–Crippen MR) is 106 cm³/mol. The number of hydrogen-bond donors (Lipinski definition) is 0. The molecule has 156 valence electrons. The van der Waals surface area contributed by atoms with Gasteiger partial charge < -0.3 is 18.9 Å². The second-order valence-electron chi connectivity index (χ2n) is 9.54. The molecule has 0 radical (unpaired) electrons. The number of hydrogen-bond acceptors (Lipinski definition) is 4. The summed E-state index contributed by atoms with van der Waals surface area (Å²) in [6.45, 7) is 8.22. The number of epoxide rings is 2. The molecule has 2 aliphatic heterocycles. The van der Waals surface area contributed by atoms with Gasteiger partial charge in [-0.1, -0.05) is 26.7 Å². The first kappa shape index (κ1) is 20.1. The van der Waals surface area contributed by atoms with Gasteiger partial charge in [-0.3, -0.25) is 0 Å². The Labute approximate surface area is 165 Å². The van der Waals surface area contributed by atoms with Crippen LogP contribution in [-0.2, 0) is 18.9 Å². The molecule has 8 unspecified atom stereocenters. The topological polar surface area (TPSA) is 43.5 Å². The van der Waals surface area contributed by atoms with Gasteiger partial charge in [-0.15, -0.1) is 0 Å².